The molecule has 19 heavy (non-hydrogen) atoms. The molecule has 0 fully saturated rings. The van der Waals surface area contributed by atoms with Gasteiger partial charge in [-0.1, -0.05) is 12.1 Å². The van der Waals surface area contributed by atoms with E-state index in [0.717, 1.165) is 5.56 Å². The highest BCUT2D eigenvalue weighted by molar-refractivity contribution is 5.68. The summed E-state index contributed by atoms with van der Waals surface area (Å²) in [7, 11) is 3.17. The molecule has 0 saturated carbocycles. The molecule has 0 spiro atoms. The molecule has 2 aromatic rings. The van der Waals surface area contributed by atoms with Crippen LogP contribution in [0.15, 0.2) is 45.8 Å². The van der Waals surface area contributed by atoms with Crippen molar-refractivity contribution < 1.29 is 13.9 Å². The smallest absolute Gasteiger partial charge is 0.185 e. The third kappa shape index (κ3) is 3.25. The van der Waals surface area contributed by atoms with Crippen LogP contribution in [0.2, 0.25) is 0 Å². The average Bonchev–Trinajstić information content (AvgIpc) is 2.45. The first-order valence-corrected chi connectivity index (χ1v) is 5.72. The molecule has 1 aromatic carbocycles. The molecule has 0 unspecified atom stereocenters. The van der Waals surface area contributed by atoms with Crippen LogP contribution in [0.4, 0.5) is 0 Å². The second kappa shape index (κ2) is 5.91. The molecular weight excluding hydrogens is 244 g/mol. The zero-order chi connectivity index (χ0) is 13.7. The van der Waals surface area contributed by atoms with Crippen LogP contribution in [0.1, 0.15) is 11.3 Å². The highest BCUT2D eigenvalue weighted by Crippen LogP contribution is 2.28. The lowest BCUT2D eigenvalue weighted by Gasteiger charge is -2.07. The predicted molar refractivity (Wildman–Crippen MR) is 73.5 cm³/mol. The van der Waals surface area contributed by atoms with Gasteiger partial charge in [0, 0.05) is 12.1 Å². The molecule has 98 valence electrons. The van der Waals surface area contributed by atoms with E-state index in [1.54, 1.807) is 20.3 Å². The zero-order valence-electron chi connectivity index (χ0n) is 10.8. The van der Waals surface area contributed by atoms with Gasteiger partial charge in [-0.2, -0.15) is 0 Å². The Morgan fingerprint density at radius 1 is 1.00 bits per heavy atom. The topological polar surface area (TPSA) is 48.7 Å². The third-order valence-corrected chi connectivity index (χ3v) is 2.57. The van der Waals surface area contributed by atoms with Gasteiger partial charge in [-0.3, -0.25) is 4.79 Å². The molecule has 1 heterocycles. The molecule has 0 radical (unpaired) electrons. The molecule has 4 nitrogen and oxygen atoms in total. The van der Waals surface area contributed by atoms with Crippen molar-refractivity contribution in [1.29, 1.82) is 0 Å². The molecule has 0 aliphatic heterocycles. The van der Waals surface area contributed by atoms with E-state index in [9.17, 15) is 4.79 Å². The van der Waals surface area contributed by atoms with Crippen LogP contribution in [0.3, 0.4) is 0 Å². The van der Waals surface area contributed by atoms with Crippen molar-refractivity contribution in [3.63, 3.8) is 0 Å². The minimum Gasteiger partial charge on any atom is -0.493 e. The van der Waals surface area contributed by atoms with Gasteiger partial charge in [-0.15, -0.1) is 0 Å². The van der Waals surface area contributed by atoms with Gasteiger partial charge in [0.1, 0.15) is 5.76 Å². The van der Waals surface area contributed by atoms with Crippen LogP contribution < -0.4 is 14.9 Å². The van der Waals surface area contributed by atoms with E-state index in [2.05, 4.69) is 0 Å². The summed E-state index contributed by atoms with van der Waals surface area (Å²) >= 11 is 0. The lowest BCUT2D eigenvalue weighted by molar-refractivity contribution is 0.355. The lowest BCUT2D eigenvalue weighted by atomic mass is 10.2. The van der Waals surface area contributed by atoms with Crippen molar-refractivity contribution in [3.05, 3.63) is 58.1 Å². The Bertz CT molecular complexity index is 641. The summed E-state index contributed by atoms with van der Waals surface area (Å²) in [6, 6.07) is 8.35. The fourth-order valence-corrected chi connectivity index (χ4v) is 1.62. The SMILES string of the molecule is COc1ccc(/C=C/c2cc(=O)cco2)cc1OC. The van der Waals surface area contributed by atoms with E-state index in [1.807, 2.05) is 24.3 Å². The molecule has 0 atom stereocenters. The molecule has 1 aromatic heterocycles. The molecule has 0 saturated heterocycles. The lowest BCUT2D eigenvalue weighted by Crippen LogP contribution is -1.94. The Labute approximate surface area is 110 Å². The fourth-order valence-electron chi connectivity index (χ4n) is 1.62. The van der Waals surface area contributed by atoms with Crippen molar-refractivity contribution in [2.75, 3.05) is 14.2 Å². The maximum atomic E-state index is 11.2. The summed E-state index contributed by atoms with van der Waals surface area (Å²) in [6.45, 7) is 0. The van der Waals surface area contributed by atoms with Crippen molar-refractivity contribution in [3.8, 4) is 11.5 Å². The van der Waals surface area contributed by atoms with Crippen molar-refractivity contribution in [1.82, 2.24) is 0 Å². The summed E-state index contributed by atoms with van der Waals surface area (Å²) in [5.74, 6) is 1.83. The molecular formula is C15H14O4. The Morgan fingerprint density at radius 2 is 1.79 bits per heavy atom. The minimum atomic E-state index is -0.0850. The summed E-state index contributed by atoms with van der Waals surface area (Å²) in [4.78, 5) is 11.2. The molecule has 0 bridgehead atoms. The van der Waals surface area contributed by atoms with Gasteiger partial charge in [-0.25, -0.2) is 0 Å². The van der Waals surface area contributed by atoms with E-state index in [0.29, 0.717) is 17.3 Å². The zero-order valence-corrected chi connectivity index (χ0v) is 10.8. The van der Waals surface area contributed by atoms with Crippen LogP contribution in [0.25, 0.3) is 12.2 Å². The van der Waals surface area contributed by atoms with Crippen LogP contribution >= 0.6 is 0 Å². The number of hydrogen-bond donors (Lipinski definition) is 0. The van der Waals surface area contributed by atoms with E-state index in [-0.39, 0.29) is 5.43 Å². The first kappa shape index (κ1) is 13.0. The normalized spacial score (nSPS) is 10.6. The van der Waals surface area contributed by atoms with Gasteiger partial charge in [0.25, 0.3) is 0 Å². The van der Waals surface area contributed by atoms with Gasteiger partial charge in [0.05, 0.1) is 20.5 Å². The van der Waals surface area contributed by atoms with Crippen LogP contribution in [-0.2, 0) is 0 Å². The Balaban J connectivity index is 2.26. The number of hydrogen-bond acceptors (Lipinski definition) is 4. The van der Waals surface area contributed by atoms with E-state index < -0.39 is 0 Å². The maximum absolute atomic E-state index is 11.2. The molecule has 0 amide bonds. The van der Waals surface area contributed by atoms with Crippen molar-refractivity contribution in [2.24, 2.45) is 0 Å². The fraction of sp³-hybridized carbons (Fsp3) is 0.133. The number of rotatable bonds is 4. The highest BCUT2D eigenvalue weighted by Gasteiger charge is 2.02. The quantitative estimate of drug-likeness (QED) is 0.846. The minimum absolute atomic E-state index is 0.0850. The Hall–Kier alpha value is -2.49. The van der Waals surface area contributed by atoms with Crippen molar-refractivity contribution in [2.45, 2.75) is 0 Å². The molecule has 0 aliphatic carbocycles. The Kier molecular flexibility index (Phi) is 4.03. The monoisotopic (exact) mass is 258 g/mol. The van der Waals surface area contributed by atoms with Crippen LogP contribution in [0, 0.1) is 0 Å². The van der Waals surface area contributed by atoms with E-state index in [4.69, 9.17) is 13.9 Å². The first-order valence-electron chi connectivity index (χ1n) is 5.72. The summed E-state index contributed by atoms with van der Waals surface area (Å²) in [5, 5.41) is 0. The molecule has 0 N–H and O–H groups in total. The van der Waals surface area contributed by atoms with Gasteiger partial charge in [0.15, 0.2) is 16.9 Å². The molecule has 2 rings (SSSR count). The average molecular weight is 258 g/mol. The van der Waals surface area contributed by atoms with Gasteiger partial charge in [0.2, 0.25) is 0 Å². The van der Waals surface area contributed by atoms with Crippen LogP contribution in [-0.4, -0.2) is 14.2 Å². The highest BCUT2D eigenvalue weighted by atomic mass is 16.5. The number of ether oxygens (including phenoxy) is 2. The summed E-state index contributed by atoms with van der Waals surface area (Å²) in [6.07, 6.45) is 4.93. The van der Waals surface area contributed by atoms with Gasteiger partial charge < -0.3 is 13.9 Å². The van der Waals surface area contributed by atoms with Gasteiger partial charge >= 0.3 is 0 Å². The van der Waals surface area contributed by atoms with E-state index >= 15 is 0 Å². The number of benzene rings is 1. The van der Waals surface area contributed by atoms with Crippen LogP contribution in [0.5, 0.6) is 11.5 Å². The first-order chi connectivity index (χ1) is 9.22. The maximum Gasteiger partial charge on any atom is 0.185 e. The van der Waals surface area contributed by atoms with E-state index in [1.165, 1.54) is 18.4 Å². The predicted octanol–water partition coefficient (Wildman–Crippen LogP) is 2.83. The summed E-state index contributed by atoms with van der Waals surface area (Å²) in [5.41, 5.74) is 0.836. The van der Waals surface area contributed by atoms with Gasteiger partial charge in [-0.05, 0) is 23.8 Å². The second-order valence-corrected chi connectivity index (χ2v) is 3.82. The molecule has 4 heteroatoms. The largest absolute Gasteiger partial charge is 0.493 e. The standard InChI is InChI=1S/C15H14O4/c1-17-14-6-4-11(9-15(14)18-2)3-5-13-10-12(16)7-8-19-13/h3-10H,1-2H3/b5-3+. The second-order valence-electron chi connectivity index (χ2n) is 3.82. The van der Waals surface area contributed by atoms with Crippen molar-refractivity contribution >= 4 is 12.2 Å². The third-order valence-electron chi connectivity index (χ3n) is 2.57. The number of methoxy groups -OCH3 is 2. The molecule has 0 aliphatic rings. The summed E-state index contributed by atoms with van der Waals surface area (Å²) < 4.78 is 15.6. The Morgan fingerprint density at radius 3 is 2.47 bits per heavy atom.